The molecular formula is C10H16F2N4O. The molecule has 0 saturated carbocycles. The first-order valence-electron chi connectivity index (χ1n) is 5.24. The van der Waals surface area contributed by atoms with E-state index in [1.165, 1.54) is 6.33 Å². The van der Waals surface area contributed by atoms with E-state index >= 15 is 0 Å². The zero-order valence-corrected chi connectivity index (χ0v) is 9.83. The van der Waals surface area contributed by atoms with Crippen LogP contribution in [-0.4, -0.2) is 43.2 Å². The monoisotopic (exact) mass is 246 g/mol. The Morgan fingerprint density at radius 2 is 2.06 bits per heavy atom. The van der Waals surface area contributed by atoms with E-state index in [1.54, 1.807) is 7.05 Å². The second-order valence-electron chi connectivity index (χ2n) is 3.34. The topological polar surface area (TPSA) is 59.1 Å². The summed E-state index contributed by atoms with van der Waals surface area (Å²) in [5.41, 5.74) is 0.879. The number of alkyl halides is 2. The van der Waals surface area contributed by atoms with Gasteiger partial charge in [-0.3, -0.25) is 0 Å². The van der Waals surface area contributed by atoms with Crippen molar-refractivity contribution in [3.63, 3.8) is 0 Å². The van der Waals surface area contributed by atoms with Crippen LogP contribution < -0.4 is 10.6 Å². The van der Waals surface area contributed by atoms with Gasteiger partial charge in [-0.1, -0.05) is 0 Å². The molecule has 7 heteroatoms. The van der Waals surface area contributed by atoms with Crippen LogP contribution in [0.2, 0.25) is 0 Å². The van der Waals surface area contributed by atoms with Gasteiger partial charge in [-0.05, 0) is 6.92 Å². The van der Waals surface area contributed by atoms with Crippen molar-refractivity contribution in [1.29, 1.82) is 0 Å². The Labute approximate surface area is 98.6 Å². The summed E-state index contributed by atoms with van der Waals surface area (Å²) < 4.78 is 28.3. The predicted octanol–water partition coefficient (Wildman–Crippen LogP) is 1.52. The quantitative estimate of drug-likeness (QED) is 0.714. The fraction of sp³-hybridized carbons (Fsp3) is 0.600. The van der Waals surface area contributed by atoms with Gasteiger partial charge in [0.2, 0.25) is 0 Å². The first-order chi connectivity index (χ1) is 8.15. The van der Waals surface area contributed by atoms with Gasteiger partial charge in [0.05, 0.1) is 6.61 Å². The van der Waals surface area contributed by atoms with Gasteiger partial charge in [0.25, 0.3) is 6.43 Å². The highest BCUT2D eigenvalue weighted by Gasteiger charge is 2.05. The third-order valence-corrected chi connectivity index (χ3v) is 2.10. The summed E-state index contributed by atoms with van der Waals surface area (Å²) in [6.07, 6.45) is -0.993. The molecule has 0 bridgehead atoms. The fourth-order valence-electron chi connectivity index (χ4n) is 1.29. The van der Waals surface area contributed by atoms with Gasteiger partial charge in [0.1, 0.15) is 24.6 Å². The number of hydrogen-bond donors (Lipinski definition) is 2. The number of ether oxygens (including phenoxy) is 1. The first kappa shape index (κ1) is 13.6. The molecular weight excluding hydrogens is 230 g/mol. The highest BCUT2D eigenvalue weighted by molar-refractivity contribution is 5.55. The van der Waals surface area contributed by atoms with E-state index in [1.807, 2.05) is 6.92 Å². The van der Waals surface area contributed by atoms with Crippen LogP contribution in [-0.2, 0) is 4.74 Å². The van der Waals surface area contributed by atoms with E-state index in [9.17, 15) is 8.78 Å². The van der Waals surface area contributed by atoms with Crippen LogP contribution in [0.4, 0.5) is 20.4 Å². The number of anilines is 2. The van der Waals surface area contributed by atoms with Gasteiger partial charge >= 0.3 is 0 Å². The zero-order valence-electron chi connectivity index (χ0n) is 9.83. The van der Waals surface area contributed by atoms with E-state index in [0.29, 0.717) is 12.4 Å². The van der Waals surface area contributed by atoms with E-state index in [4.69, 9.17) is 4.74 Å². The zero-order chi connectivity index (χ0) is 12.7. The van der Waals surface area contributed by atoms with Crippen molar-refractivity contribution >= 4 is 11.6 Å². The standard InChI is InChI=1S/C10H16F2N4O/c1-7-9(13-2)15-6-16-10(7)14-3-4-17-5-8(11)12/h6,8H,3-5H2,1-2H3,(H2,13,14,15,16). The maximum Gasteiger partial charge on any atom is 0.261 e. The Balaban J connectivity index is 2.36. The summed E-state index contributed by atoms with van der Waals surface area (Å²) >= 11 is 0. The van der Waals surface area contributed by atoms with E-state index in [0.717, 1.165) is 11.4 Å². The van der Waals surface area contributed by atoms with Crippen LogP contribution in [0.1, 0.15) is 5.56 Å². The normalized spacial score (nSPS) is 10.6. The van der Waals surface area contributed by atoms with Crippen molar-refractivity contribution in [3.05, 3.63) is 11.9 Å². The summed E-state index contributed by atoms with van der Waals surface area (Å²) in [5.74, 6) is 1.40. The van der Waals surface area contributed by atoms with Gasteiger partial charge in [-0.15, -0.1) is 0 Å². The Morgan fingerprint density at radius 3 is 2.71 bits per heavy atom. The molecule has 2 N–H and O–H groups in total. The number of rotatable bonds is 7. The summed E-state index contributed by atoms with van der Waals surface area (Å²) in [5, 5.41) is 5.93. The van der Waals surface area contributed by atoms with Crippen molar-refractivity contribution in [1.82, 2.24) is 9.97 Å². The lowest BCUT2D eigenvalue weighted by Gasteiger charge is -2.11. The van der Waals surface area contributed by atoms with E-state index in [2.05, 4.69) is 20.6 Å². The molecule has 0 aliphatic rings. The molecule has 5 nitrogen and oxygen atoms in total. The molecule has 0 aliphatic carbocycles. The lowest BCUT2D eigenvalue weighted by Crippen LogP contribution is -2.14. The average molecular weight is 246 g/mol. The van der Waals surface area contributed by atoms with Crippen LogP contribution in [0.5, 0.6) is 0 Å². The van der Waals surface area contributed by atoms with E-state index in [-0.39, 0.29) is 6.61 Å². The van der Waals surface area contributed by atoms with Gasteiger partial charge in [-0.2, -0.15) is 0 Å². The number of hydrogen-bond acceptors (Lipinski definition) is 5. The van der Waals surface area contributed by atoms with Crippen molar-refractivity contribution < 1.29 is 13.5 Å². The molecule has 1 aromatic rings. The van der Waals surface area contributed by atoms with Crippen LogP contribution in [0.3, 0.4) is 0 Å². The highest BCUT2D eigenvalue weighted by Crippen LogP contribution is 2.16. The molecule has 1 aromatic heterocycles. The van der Waals surface area contributed by atoms with Crippen molar-refractivity contribution in [2.24, 2.45) is 0 Å². The van der Waals surface area contributed by atoms with Crippen molar-refractivity contribution in [3.8, 4) is 0 Å². The maximum absolute atomic E-state index is 11.8. The number of nitrogens with one attached hydrogen (secondary N) is 2. The smallest absolute Gasteiger partial charge is 0.261 e. The second-order valence-corrected chi connectivity index (χ2v) is 3.34. The van der Waals surface area contributed by atoms with Crippen LogP contribution in [0, 0.1) is 6.92 Å². The van der Waals surface area contributed by atoms with Crippen molar-refractivity contribution in [2.75, 3.05) is 37.4 Å². The minimum atomic E-state index is -2.42. The van der Waals surface area contributed by atoms with Gasteiger partial charge in [-0.25, -0.2) is 18.7 Å². The Hall–Kier alpha value is -1.50. The largest absolute Gasteiger partial charge is 0.374 e. The Morgan fingerprint density at radius 1 is 1.35 bits per heavy atom. The third kappa shape index (κ3) is 4.48. The molecule has 0 aromatic carbocycles. The van der Waals surface area contributed by atoms with Gasteiger partial charge in [0, 0.05) is 19.2 Å². The molecule has 96 valence electrons. The number of aromatic nitrogens is 2. The molecule has 0 unspecified atom stereocenters. The third-order valence-electron chi connectivity index (χ3n) is 2.10. The molecule has 0 amide bonds. The van der Waals surface area contributed by atoms with Gasteiger partial charge < -0.3 is 15.4 Å². The lowest BCUT2D eigenvalue weighted by atomic mass is 10.3. The van der Waals surface area contributed by atoms with Crippen molar-refractivity contribution in [2.45, 2.75) is 13.3 Å². The number of nitrogens with zero attached hydrogens (tertiary/aromatic N) is 2. The lowest BCUT2D eigenvalue weighted by molar-refractivity contribution is 0.0214. The molecule has 0 aliphatic heterocycles. The maximum atomic E-state index is 11.8. The van der Waals surface area contributed by atoms with Gasteiger partial charge in [0.15, 0.2) is 0 Å². The molecule has 0 atom stereocenters. The SMILES string of the molecule is CNc1ncnc(NCCOCC(F)F)c1C. The molecule has 17 heavy (non-hydrogen) atoms. The molecule has 1 heterocycles. The molecule has 0 spiro atoms. The first-order valence-corrected chi connectivity index (χ1v) is 5.24. The summed E-state index contributed by atoms with van der Waals surface area (Å²) in [6.45, 7) is 1.97. The Bertz CT molecular complexity index is 349. The molecule has 1 rings (SSSR count). The van der Waals surface area contributed by atoms with Crippen LogP contribution in [0.15, 0.2) is 6.33 Å². The molecule has 0 saturated heterocycles. The highest BCUT2D eigenvalue weighted by atomic mass is 19.3. The van der Waals surface area contributed by atoms with Crippen LogP contribution in [0.25, 0.3) is 0 Å². The molecule has 0 radical (unpaired) electrons. The number of halogens is 2. The average Bonchev–Trinajstić information content (AvgIpc) is 2.30. The van der Waals surface area contributed by atoms with Crippen LogP contribution >= 0.6 is 0 Å². The predicted molar refractivity (Wildman–Crippen MR) is 61.6 cm³/mol. The molecule has 0 fully saturated rings. The minimum absolute atomic E-state index is 0.211. The van der Waals surface area contributed by atoms with E-state index < -0.39 is 13.0 Å². The minimum Gasteiger partial charge on any atom is -0.374 e. The fourth-order valence-corrected chi connectivity index (χ4v) is 1.29. The summed E-state index contributed by atoms with van der Waals surface area (Å²) in [6, 6.07) is 0. The summed E-state index contributed by atoms with van der Waals surface area (Å²) in [4.78, 5) is 8.09. The summed E-state index contributed by atoms with van der Waals surface area (Å²) in [7, 11) is 1.77. The Kier molecular flexibility index (Phi) is 5.55. The second kappa shape index (κ2) is 6.95.